The third-order valence-corrected chi connectivity index (χ3v) is 5.32. The summed E-state index contributed by atoms with van der Waals surface area (Å²) in [6, 6.07) is 0. The fraction of sp³-hybridized carbons (Fsp3) is 0.500. The molecule has 6 nitrogen and oxygen atoms in total. The number of rotatable bonds is 8. The van der Waals surface area contributed by atoms with Crippen LogP contribution in [-0.4, -0.2) is 45.6 Å². The molecule has 2 aromatic rings. The molecule has 0 fully saturated rings. The Bertz CT molecular complexity index is 805. The van der Waals surface area contributed by atoms with Gasteiger partial charge >= 0.3 is 0 Å². The molecule has 0 bridgehead atoms. The first-order valence-corrected chi connectivity index (χ1v) is 9.15. The van der Waals surface area contributed by atoms with E-state index < -0.39 is 0 Å². The summed E-state index contributed by atoms with van der Waals surface area (Å²) >= 11 is 1.41. The normalized spacial score (nSPS) is 11.1. The summed E-state index contributed by atoms with van der Waals surface area (Å²) in [4.78, 5) is 32.0. The zero-order valence-electron chi connectivity index (χ0n) is 15.6. The van der Waals surface area contributed by atoms with Gasteiger partial charge in [0.1, 0.15) is 0 Å². The standard InChI is InChI=1S/C18H25N3O3S/c1-10-16(14(5)22)12(3)19-17(10)15(23)9-25-18-20-11(2)13(4)21(18)7-8-24-6/h19H,7-9H2,1-6H3. The number of H-pyrrole nitrogens is 1. The van der Waals surface area contributed by atoms with Crippen LogP contribution in [0.3, 0.4) is 0 Å². The number of nitrogens with one attached hydrogen (secondary N) is 1. The lowest BCUT2D eigenvalue weighted by Crippen LogP contribution is -2.10. The number of carbonyl (C=O) groups is 2. The van der Waals surface area contributed by atoms with Crippen molar-refractivity contribution in [1.82, 2.24) is 14.5 Å². The molecule has 136 valence electrons. The number of carbonyl (C=O) groups excluding carboxylic acids is 2. The summed E-state index contributed by atoms with van der Waals surface area (Å²) in [6.07, 6.45) is 0. The zero-order valence-corrected chi connectivity index (χ0v) is 16.5. The molecule has 0 aromatic carbocycles. The van der Waals surface area contributed by atoms with Crippen LogP contribution >= 0.6 is 11.8 Å². The molecule has 0 aliphatic heterocycles. The maximum absolute atomic E-state index is 12.6. The van der Waals surface area contributed by atoms with Gasteiger partial charge in [-0.05, 0) is 40.2 Å². The van der Waals surface area contributed by atoms with Gasteiger partial charge in [-0.3, -0.25) is 9.59 Å². The van der Waals surface area contributed by atoms with Crippen LogP contribution in [0.5, 0.6) is 0 Å². The number of thioether (sulfide) groups is 1. The highest BCUT2D eigenvalue weighted by Gasteiger charge is 2.21. The van der Waals surface area contributed by atoms with E-state index in [2.05, 4.69) is 14.5 Å². The van der Waals surface area contributed by atoms with Gasteiger partial charge in [0.05, 0.1) is 23.7 Å². The number of aromatic nitrogens is 3. The highest BCUT2D eigenvalue weighted by atomic mass is 32.2. The van der Waals surface area contributed by atoms with Crippen molar-refractivity contribution in [3.05, 3.63) is 33.9 Å². The monoisotopic (exact) mass is 363 g/mol. The lowest BCUT2D eigenvalue weighted by atomic mass is 10.1. The van der Waals surface area contributed by atoms with E-state index in [1.54, 1.807) is 7.11 Å². The van der Waals surface area contributed by atoms with Crippen LogP contribution in [0.25, 0.3) is 0 Å². The lowest BCUT2D eigenvalue weighted by molar-refractivity contribution is 0.101. The second-order valence-corrected chi connectivity index (χ2v) is 7.05. The molecule has 0 unspecified atom stereocenters. The predicted octanol–water partition coefficient (Wildman–Crippen LogP) is 3.27. The van der Waals surface area contributed by atoms with Crippen LogP contribution in [-0.2, 0) is 11.3 Å². The zero-order chi connectivity index (χ0) is 18.7. The van der Waals surface area contributed by atoms with Gasteiger partial charge in [-0.2, -0.15) is 0 Å². The van der Waals surface area contributed by atoms with E-state index in [1.165, 1.54) is 18.7 Å². The van der Waals surface area contributed by atoms with Gasteiger partial charge < -0.3 is 14.3 Å². The lowest BCUT2D eigenvalue weighted by Gasteiger charge is -2.09. The minimum atomic E-state index is -0.0327. The van der Waals surface area contributed by atoms with Crippen molar-refractivity contribution >= 4 is 23.3 Å². The fourth-order valence-electron chi connectivity index (χ4n) is 2.94. The van der Waals surface area contributed by atoms with Crippen molar-refractivity contribution in [1.29, 1.82) is 0 Å². The van der Waals surface area contributed by atoms with Gasteiger partial charge in [-0.1, -0.05) is 11.8 Å². The molecule has 0 aliphatic rings. The van der Waals surface area contributed by atoms with E-state index in [-0.39, 0.29) is 17.3 Å². The molecule has 1 N–H and O–H groups in total. The molecule has 2 rings (SSSR count). The molecule has 25 heavy (non-hydrogen) atoms. The Balaban J connectivity index is 2.17. The van der Waals surface area contributed by atoms with Gasteiger partial charge in [0.25, 0.3) is 0 Å². The Kier molecular flexibility index (Phi) is 6.24. The largest absolute Gasteiger partial charge is 0.383 e. The highest BCUT2D eigenvalue weighted by Crippen LogP contribution is 2.24. The minimum Gasteiger partial charge on any atom is -0.383 e. The van der Waals surface area contributed by atoms with Gasteiger partial charge in [-0.25, -0.2) is 4.98 Å². The number of ether oxygens (including phenoxy) is 1. The molecule has 2 heterocycles. The van der Waals surface area contributed by atoms with Gasteiger partial charge in [0.15, 0.2) is 16.7 Å². The average Bonchev–Trinajstić information content (AvgIpc) is 3.00. The van der Waals surface area contributed by atoms with Crippen LogP contribution in [0.15, 0.2) is 5.16 Å². The van der Waals surface area contributed by atoms with E-state index in [0.717, 1.165) is 27.8 Å². The fourth-order valence-corrected chi connectivity index (χ4v) is 3.93. The number of aromatic amines is 1. The minimum absolute atomic E-state index is 0.0284. The number of ketones is 2. The first-order chi connectivity index (χ1) is 11.8. The third kappa shape index (κ3) is 4.04. The number of hydrogen-bond donors (Lipinski definition) is 1. The summed E-state index contributed by atoms with van der Waals surface area (Å²) in [5.41, 5.74) is 4.63. The molecular weight excluding hydrogens is 338 g/mol. The van der Waals surface area contributed by atoms with Gasteiger partial charge in [0.2, 0.25) is 0 Å². The van der Waals surface area contributed by atoms with Crippen molar-refractivity contribution in [2.24, 2.45) is 0 Å². The maximum atomic E-state index is 12.6. The van der Waals surface area contributed by atoms with Crippen molar-refractivity contribution in [2.45, 2.75) is 46.3 Å². The Hall–Kier alpha value is -1.86. The van der Waals surface area contributed by atoms with Crippen molar-refractivity contribution in [3.63, 3.8) is 0 Å². The quantitative estimate of drug-likeness (QED) is 0.575. The van der Waals surface area contributed by atoms with Crippen LogP contribution in [0.4, 0.5) is 0 Å². The Morgan fingerprint density at radius 1 is 1.24 bits per heavy atom. The predicted molar refractivity (Wildman–Crippen MR) is 98.9 cm³/mol. The second kappa shape index (κ2) is 8.01. The number of Topliss-reactive ketones (excluding diaryl/α,β-unsaturated/α-hetero) is 2. The number of methoxy groups -OCH3 is 1. The highest BCUT2D eigenvalue weighted by molar-refractivity contribution is 7.99. The van der Waals surface area contributed by atoms with Crippen LogP contribution in [0.2, 0.25) is 0 Å². The molecule has 0 atom stereocenters. The topological polar surface area (TPSA) is 77.0 Å². The van der Waals surface area contributed by atoms with E-state index >= 15 is 0 Å². The molecule has 0 spiro atoms. The van der Waals surface area contributed by atoms with E-state index in [0.29, 0.717) is 24.4 Å². The molecule has 0 amide bonds. The molecule has 2 aromatic heterocycles. The van der Waals surface area contributed by atoms with E-state index in [4.69, 9.17) is 4.74 Å². The first-order valence-electron chi connectivity index (χ1n) is 8.16. The van der Waals surface area contributed by atoms with E-state index in [1.807, 2.05) is 27.7 Å². The molecule has 0 aliphatic carbocycles. The first kappa shape index (κ1) is 19.5. The Morgan fingerprint density at radius 2 is 1.92 bits per heavy atom. The Labute approximate surface area is 152 Å². The SMILES string of the molecule is COCCn1c(SCC(=O)c2[nH]c(C)c(C(C)=O)c2C)nc(C)c1C. The van der Waals surface area contributed by atoms with Crippen molar-refractivity contribution in [2.75, 3.05) is 19.5 Å². The third-order valence-electron chi connectivity index (χ3n) is 4.34. The van der Waals surface area contributed by atoms with Gasteiger partial charge in [0, 0.05) is 30.6 Å². The van der Waals surface area contributed by atoms with E-state index in [9.17, 15) is 9.59 Å². The van der Waals surface area contributed by atoms with Crippen LogP contribution in [0.1, 0.15) is 50.4 Å². The molecule has 0 saturated heterocycles. The number of hydrogen-bond acceptors (Lipinski definition) is 5. The summed E-state index contributed by atoms with van der Waals surface area (Å²) in [6.45, 7) is 10.4. The Morgan fingerprint density at radius 3 is 2.48 bits per heavy atom. The van der Waals surface area contributed by atoms with Crippen LogP contribution in [0, 0.1) is 27.7 Å². The maximum Gasteiger partial charge on any atom is 0.189 e. The smallest absolute Gasteiger partial charge is 0.189 e. The molecule has 0 saturated carbocycles. The summed E-state index contributed by atoms with van der Waals surface area (Å²) in [5, 5.41) is 0.813. The molecular formula is C18H25N3O3S. The molecule has 7 heteroatoms. The average molecular weight is 363 g/mol. The van der Waals surface area contributed by atoms with Crippen molar-refractivity contribution < 1.29 is 14.3 Å². The summed E-state index contributed by atoms with van der Waals surface area (Å²) < 4.78 is 7.23. The number of imidazole rings is 1. The van der Waals surface area contributed by atoms with Gasteiger partial charge in [-0.15, -0.1) is 0 Å². The summed E-state index contributed by atoms with van der Waals surface area (Å²) in [7, 11) is 1.67. The van der Waals surface area contributed by atoms with Crippen LogP contribution < -0.4 is 0 Å². The summed E-state index contributed by atoms with van der Waals surface area (Å²) in [5.74, 6) is 0.204. The van der Waals surface area contributed by atoms with Crippen molar-refractivity contribution in [3.8, 4) is 0 Å². The number of aryl methyl sites for hydroxylation is 2. The number of nitrogens with zero attached hydrogens (tertiary/aromatic N) is 2. The molecule has 0 radical (unpaired) electrons. The second-order valence-electron chi connectivity index (χ2n) is 6.10.